The van der Waals surface area contributed by atoms with E-state index in [-0.39, 0.29) is 0 Å². The van der Waals surface area contributed by atoms with E-state index in [0.717, 1.165) is 31.6 Å². The summed E-state index contributed by atoms with van der Waals surface area (Å²) in [4.78, 5) is 2.61. The molecule has 2 nitrogen and oxygen atoms in total. The maximum Gasteiger partial charge on any atom is 0.0237 e. The van der Waals surface area contributed by atoms with Gasteiger partial charge in [0.1, 0.15) is 0 Å². The van der Waals surface area contributed by atoms with E-state index in [1.54, 1.807) is 0 Å². The fourth-order valence-electron chi connectivity index (χ4n) is 2.38. The molecule has 17 heavy (non-hydrogen) atoms. The van der Waals surface area contributed by atoms with E-state index >= 15 is 0 Å². The van der Waals surface area contributed by atoms with Crippen LogP contribution in [0.25, 0.3) is 0 Å². The summed E-state index contributed by atoms with van der Waals surface area (Å²) in [5.74, 6) is 0.940. The van der Waals surface area contributed by atoms with Gasteiger partial charge in [0.15, 0.2) is 0 Å². The molecule has 1 atom stereocenters. The number of benzene rings is 1. The lowest BCUT2D eigenvalue weighted by molar-refractivity contribution is 0.183. The average Bonchev–Trinajstić information content (AvgIpc) is 3.19. The third kappa shape index (κ3) is 3.83. The summed E-state index contributed by atoms with van der Waals surface area (Å²) >= 11 is 0. The summed E-state index contributed by atoms with van der Waals surface area (Å²) in [5, 5.41) is 3.26. The van der Waals surface area contributed by atoms with Gasteiger partial charge >= 0.3 is 0 Å². The van der Waals surface area contributed by atoms with Crippen LogP contribution in [0.1, 0.15) is 25.3 Å². The van der Waals surface area contributed by atoms with Crippen LogP contribution in [0.2, 0.25) is 0 Å². The van der Waals surface area contributed by atoms with Gasteiger partial charge in [0.2, 0.25) is 0 Å². The maximum atomic E-state index is 3.26. The van der Waals surface area contributed by atoms with Crippen LogP contribution in [0.5, 0.6) is 0 Å². The second-order valence-corrected chi connectivity index (χ2v) is 5.14. The molecule has 2 heteroatoms. The van der Waals surface area contributed by atoms with Gasteiger partial charge in [-0.1, -0.05) is 30.3 Å². The normalized spacial score (nSPS) is 17.4. The van der Waals surface area contributed by atoms with Gasteiger partial charge in [-0.15, -0.1) is 0 Å². The molecule has 0 saturated heterocycles. The molecule has 1 saturated carbocycles. The van der Waals surface area contributed by atoms with Crippen molar-refractivity contribution < 1.29 is 0 Å². The van der Waals surface area contributed by atoms with Crippen molar-refractivity contribution in [3.8, 4) is 0 Å². The summed E-state index contributed by atoms with van der Waals surface area (Å²) in [6.07, 6.45) is 2.85. The largest absolute Gasteiger partial charge is 0.318 e. The lowest BCUT2D eigenvalue weighted by Crippen LogP contribution is -2.38. The summed E-state index contributed by atoms with van der Waals surface area (Å²) in [6.45, 7) is 5.68. The number of hydrogen-bond donors (Lipinski definition) is 1. The molecule has 2 rings (SSSR count). The van der Waals surface area contributed by atoms with Crippen molar-refractivity contribution in [2.75, 3.05) is 20.1 Å². The van der Waals surface area contributed by atoms with Gasteiger partial charge in [-0.05, 0) is 38.3 Å². The predicted octanol–water partition coefficient (Wildman–Crippen LogP) is 2.51. The first kappa shape index (κ1) is 12.6. The molecule has 0 amide bonds. The van der Waals surface area contributed by atoms with Gasteiger partial charge in [0, 0.05) is 25.7 Å². The molecule has 1 fully saturated rings. The summed E-state index contributed by atoms with van der Waals surface area (Å²) in [7, 11) is 2.03. The molecule has 1 N–H and O–H groups in total. The summed E-state index contributed by atoms with van der Waals surface area (Å²) < 4.78 is 0. The highest BCUT2D eigenvalue weighted by molar-refractivity contribution is 5.14. The van der Waals surface area contributed by atoms with Crippen molar-refractivity contribution >= 4 is 0 Å². The molecular weight excluding hydrogens is 208 g/mol. The minimum Gasteiger partial charge on any atom is -0.318 e. The van der Waals surface area contributed by atoms with Gasteiger partial charge in [0.25, 0.3) is 0 Å². The highest BCUT2D eigenvalue weighted by Gasteiger charge is 2.31. The Morgan fingerprint density at radius 1 is 1.29 bits per heavy atom. The Balaban J connectivity index is 1.94. The fourth-order valence-corrected chi connectivity index (χ4v) is 2.38. The molecule has 1 aliphatic carbocycles. The van der Waals surface area contributed by atoms with Crippen LogP contribution < -0.4 is 5.32 Å². The number of rotatable bonds is 7. The van der Waals surface area contributed by atoms with Crippen molar-refractivity contribution in [1.29, 1.82) is 0 Å². The molecule has 0 aliphatic heterocycles. The Bertz CT molecular complexity index is 319. The first-order valence-corrected chi connectivity index (χ1v) is 6.74. The topological polar surface area (TPSA) is 15.3 Å². The van der Waals surface area contributed by atoms with E-state index in [2.05, 4.69) is 47.5 Å². The third-order valence-electron chi connectivity index (χ3n) is 3.76. The van der Waals surface area contributed by atoms with Crippen LogP contribution in [-0.2, 0) is 6.54 Å². The highest BCUT2D eigenvalue weighted by Crippen LogP contribution is 2.35. The minimum atomic E-state index is 0.726. The molecule has 0 heterocycles. The van der Waals surface area contributed by atoms with Gasteiger partial charge in [0.05, 0.1) is 0 Å². The average molecular weight is 232 g/mol. The Labute approximate surface area is 105 Å². The molecule has 94 valence electrons. The van der Waals surface area contributed by atoms with Gasteiger partial charge in [-0.2, -0.15) is 0 Å². The van der Waals surface area contributed by atoms with E-state index in [1.165, 1.54) is 18.4 Å². The first-order chi connectivity index (χ1) is 8.31. The van der Waals surface area contributed by atoms with Gasteiger partial charge < -0.3 is 5.32 Å². The third-order valence-corrected chi connectivity index (χ3v) is 3.76. The van der Waals surface area contributed by atoms with Gasteiger partial charge in [-0.3, -0.25) is 4.90 Å². The monoisotopic (exact) mass is 232 g/mol. The second-order valence-electron chi connectivity index (χ2n) is 5.14. The number of nitrogens with zero attached hydrogens (tertiary/aromatic N) is 1. The molecule has 1 aliphatic rings. The smallest absolute Gasteiger partial charge is 0.0237 e. The van der Waals surface area contributed by atoms with Crippen molar-refractivity contribution in [2.24, 2.45) is 5.92 Å². The lowest BCUT2D eigenvalue weighted by Gasteiger charge is -2.29. The van der Waals surface area contributed by atoms with E-state index in [1.807, 2.05) is 7.05 Å². The predicted molar refractivity (Wildman–Crippen MR) is 73.0 cm³/mol. The number of hydrogen-bond acceptors (Lipinski definition) is 2. The molecule has 1 aromatic rings. The zero-order valence-corrected chi connectivity index (χ0v) is 11.0. The summed E-state index contributed by atoms with van der Waals surface area (Å²) in [5.41, 5.74) is 1.43. The van der Waals surface area contributed by atoms with E-state index < -0.39 is 0 Å². The van der Waals surface area contributed by atoms with Crippen LogP contribution in [0.4, 0.5) is 0 Å². The standard InChI is InChI=1S/C15H24N2/c1-13(15-8-9-15)17(11-10-16-2)12-14-6-4-3-5-7-14/h3-7,13,15-16H,8-12H2,1-2H3. The summed E-state index contributed by atoms with van der Waals surface area (Å²) in [6, 6.07) is 11.5. The van der Waals surface area contributed by atoms with Crippen LogP contribution in [-0.4, -0.2) is 31.1 Å². The number of likely N-dealkylation sites (N-methyl/N-ethyl adjacent to an activating group) is 1. The SMILES string of the molecule is CNCCN(Cc1ccccc1)C(C)C1CC1. The molecule has 0 radical (unpaired) electrons. The van der Waals surface area contributed by atoms with Gasteiger partial charge in [-0.25, -0.2) is 0 Å². The van der Waals surface area contributed by atoms with Crippen LogP contribution >= 0.6 is 0 Å². The number of nitrogens with one attached hydrogen (secondary N) is 1. The first-order valence-electron chi connectivity index (χ1n) is 6.74. The molecule has 0 bridgehead atoms. The van der Waals surface area contributed by atoms with Crippen molar-refractivity contribution in [3.63, 3.8) is 0 Å². The van der Waals surface area contributed by atoms with Crippen molar-refractivity contribution in [1.82, 2.24) is 10.2 Å². The maximum absolute atomic E-state index is 3.26. The quantitative estimate of drug-likeness (QED) is 0.777. The zero-order chi connectivity index (χ0) is 12.1. The Morgan fingerprint density at radius 3 is 2.59 bits per heavy atom. The lowest BCUT2D eigenvalue weighted by atomic mass is 10.1. The molecule has 0 aromatic heterocycles. The molecule has 1 unspecified atom stereocenters. The van der Waals surface area contributed by atoms with E-state index in [9.17, 15) is 0 Å². The molecule has 1 aromatic carbocycles. The van der Waals surface area contributed by atoms with Crippen molar-refractivity contribution in [3.05, 3.63) is 35.9 Å². The van der Waals surface area contributed by atoms with E-state index in [4.69, 9.17) is 0 Å². The Hall–Kier alpha value is -0.860. The zero-order valence-electron chi connectivity index (χ0n) is 11.0. The van der Waals surface area contributed by atoms with Crippen LogP contribution in [0.3, 0.4) is 0 Å². The molecule has 0 spiro atoms. The molecular formula is C15H24N2. The van der Waals surface area contributed by atoms with Crippen molar-refractivity contribution in [2.45, 2.75) is 32.4 Å². The van der Waals surface area contributed by atoms with Crippen LogP contribution in [0.15, 0.2) is 30.3 Å². The van der Waals surface area contributed by atoms with Crippen LogP contribution in [0, 0.1) is 5.92 Å². The second kappa shape index (κ2) is 6.18. The fraction of sp³-hybridized carbons (Fsp3) is 0.600. The highest BCUT2D eigenvalue weighted by atomic mass is 15.2. The van der Waals surface area contributed by atoms with E-state index in [0.29, 0.717) is 0 Å². The Kier molecular flexibility index (Phi) is 4.57. The minimum absolute atomic E-state index is 0.726. The Morgan fingerprint density at radius 2 is 2.00 bits per heavy atom.